The standard InChI is InChI=1S/C60H108O8/c1-4-7-10-13-16-19-22-25-28-31-34-37-40-43-46-49-56(62)65-52-54(61)59-60(68-58(64)51-48-45-42-39-36-33-30-27-24-21-18-15-12-9-6-3)55(53-66-59)67-57(63)50-47-44-41-38-35-32-29-26-23-20-17-14-11-8-5-2/h25-30,54-55,59-61H,4-24,31-53H2,1-3H3. The van der Waals surface area contributed by atoms with E-state index in [1.54, 1.807) is 0 Å². The van der Waals surface area contributed by atoms with Crippen LogP contribution in [0.3, 0.4) is 0 Å². The van der Waals surface area contributed by atoms with Crippen molar-refractivity contribution >= 4 is 17.9 Å². The van der Waals surface area contributed by atoms with Crippen LogP contribution in [0.1, 0.15) is 290 Å². The molecule has 4 atom stereocenters. The number of allylic oxidation sites excluding steroid dienone is 6. The summed E-state index contributed by atoms with van der Waals surface area (Å²) in [7, 11) is 0. The van der Waals surface area contributed by atoms with Crippen molar-refractivity contribution in [3.63, 3.8) is 0 Å². The monoisotopic (exact) mass is 957 g/mol. The third kappa shape index (κ3) is 40.3. The van der Waals surface area contributed by atoms with E-state index in [-0.39, 0.29) is 38.0 Å². The van der Waals surface area contributed by atoms with Crippen LogP contribution in [0.15, 0.2) is 36.5 Å². The first-order valence-corrected chi connectivity index (χ1v) is 29.2. The van der Waals surface area contributed by atoms with Crippen LogP contribution in [0.25, 0.3) is 0 Å². The molecule has 1 aliphatic rings. The molecule has 8 heteroatoms. The van der Waals surface area contributed by atoms with Crippen molar-refractivity contribution in [1.29, 1.82) is 0 Å². The van der Waals surface area contributed by atoms with E-state index in [4.69, 9.17) is 18.9 Å². The summed E-state index contributed by atoms with van der Waals surface area (Å²) in [6, 6.07) is 0. The van der Waals surface area contributed by atoms with Crippen molar-refractivity contribution in [3.05, 3.63) is 36.5 Å². The van der Waals surface area contributed by atoms with E-state index >= 15 is 0 Å². The molecule has 1 heterocycles. The number of carbonyl (C=O) groups excluding carboxylic acids is 3. The Kier molecular flexibility index (Phi) is 46.3. The van der Waals surface area contributed by atoms with Gasteiger partial charge in [0.1, 0.15) is 18.8 Å². The Morgan fingerprint density at radius 3 is 1.07 bits per heavy atom. The zero-order valence-corrected chi connectivity index (χ0v) is 44.7. The summed E-state index contributed by atoms with van der Waals surface area (Å²) in [4.78, 5) is 38.8. The maximum Gasteiger partial charge on any atom is 0.306 e. The van der Waals surface area contributed by atoms with Crippen LogP contribution in [0, 0.1) is 0 Å². The topological polar surface area (TPSA) is 108 Å². The quantitative estimate of drug-likeness (QED) is 0.0278. The first-order chi connectivity index (χ1) is 33.4. The van der Waals surface area contributed by atoms with Crippen LogP contribution in [0.2, 0.25) is 0 Å². The average Bonchev–Trinajstić information content (AvgIpc) is 3.72. The summed E-state index contributed by atoms with van der Waals surface area (Å²) in [5, 5.41) is 11.2. The van der Waals surface area contributed by atoms with Gasteiger partial charge in [-0.2, -0.15) is 0 Å². The number of aliphatic hydroxyl groups excluding tert-OH is 1. The minimum atomic E-state index is -1.22. The van der Waals surface area contributed by atoms with Gasteiger partial charge in [-0.1, -0.05) is 211 Å². The fourth-order valence-corrected chi connectivity index (χ4v) is 8.99. The van der Waals surface area contributed by atoms with Crippen LogP contribution >= 0.6 is 0 Å². The molecule has 0 bridgehead atoms. The zero-order chi connectivity index (χ0) is 49.2. The van der Waals surface area contributed by atoms with Gasteiger partial charge in [0.25, 0.3) is 0 Å². The first-order valence-electron chi connectivity index (χ1n) is 29.2. The normalized spacial score (nSPS) is 16.7. The van der Waals surface area contributed by atoms with Crippen LogP contribution < -0.4 is 0 Å². The smallest absolute Gasteiger partial charge is 0.306 e. The Hall–Kier alpha value is -2.45. The highest BCUT2D eigenvalue weighted by atomic mass is 16.6. The van der Waals surface area contributed by atoms with Gasteiger partial charge in [-0.3, -0.25) is 14.4 Å². The molecule has 0 aromatic heterocycles. The SMILES string of the molecule is CCCCCCCCC=CCCCCCCCC(=O)OCC(O)C1OCC(OC(=O)CCCCCCCC=CCCCCCCCC)C1OC(=O)CCCCCCCC=CCCCCCCCC. The molecule has 4 unspecified atom stereocenters. The Labute approximate surface area is 419 Å². The molecule has 1 aliphatic heterocycles. The van der Waals surface area contributed by atoms with E-state index in [1.807, 2.05) is 0 Å². The van der Waals surface area contributed by atoms with Gasteiger partial charge in [0, 0.05) is 19.3 Å². The zero-order valence-electron chi connectivity index (χ0n) is 44.7. The largest absolute Gasteiger partial charge is 0.463 e. The average molecular weight is 958 g/mol. The van der Waals surface area contributed by atoms with E-state index in [1.165, 1.54) is 141 Å². The van der Waals surface area contributed by atoms with Crippen molar-refractivity contribution in [2.45, 2.75) is 315 Å². The van der Waals surface area contributed by atoms with E-state index in [0.29, 0.717) is 12.8 Å². The van der Waals surface area contributed by atoms with Crippen LogP contribution in [0.5, 0.6) is 0 Å². The molecule has 0 aromatic rings. The van der Waals surface area contributed by atoms with E-state index < -0.39 is 30.4 Å². The molecule has 1 fully saturated rings. The van der Waals surface area contributed by atoms with E-state index in [0.717, 1.165) is 103 Å². The number of hydrogen-bond donors (Lipinski definition) is 1. The van der Waals surface area contributed by atoms with Gasteiger partial charge in [0.15, 0.2) is 12.2 Å². The van der Waals surface area contributed by atoms with Crippen molar-refractivity contribution in [1.82, 2.24) is 0 Å². The summed E-state index contributed by atoms with van der Waals surface area (Å²) in [6.45, 7) is 6.51. The molecule has 1 saturated heterocycles. The maximum absolute atomic E-state index is 13.1. The van der Waals surface area contributed by atoms with Crippen molar-refractivity contribution in [2.75, 3.05) is 13.2 Å². The molecule has 0 spiro atoms. The number of unbranched alkanes of at least 4 members (excludes halogenated alkanes) is 33. The van der Waals surface area contributed by atoms with E-state index in [2.05, 4.69) is 57.2 Å². The highest BCUT2D eigenvalue weighted by Crippen LogP contribution is 2.26. The molecule has 1 rings (SSSR count). The lowest BCUT2D eigenvalue weighted by atomic mass is 10.1. The van der Waals surface area contributed by atoms with Gasteiger partial charge in [0.05, 0.1) is 6.61 Å². The highest BCUT2D eigenvalue weighted by Gasteiger charge is 2.46. The summed E-state index contributed by atoms with van der Waals surface area (Å²) < 4.78 is 23.1. The lowest BCUT2D eigenvalue weighted by molar-refractivity contribution is -0.170. The third-order valence-corrected chi connectivity index (χ3v) is 13.4. The predicted molar refractivity (Wildman–Crippen MR) is 285 cm³/mol. The van der Waals surface area contributed by atoms with Crippen LogP contribution in [-0.4, -0.2) is 60.6 Å². The Morgan fingerprint density at radius 2 is 0.721 bits per heavy atom. The Bertz CT molecular complexity index is 1230. The molecule has 396 valence electrons. The Balaban J connectivity index is 2.45. The van der Waals surface area contributed by atoms with Crippen LogP contribution in [-0.2, 0) is 33.3 Å². The molecule has 0 radical (unpaired) electrons. The second kappa shape index (κ2) is 49.5. The van der Waals surface area contributed by atoms with Crippen molar-refractivity contribution in [2.24, 2.45) is 0 Å². The predicted octanol–water partition coefficient (Wildman–Crippen LogP) is 17.2. The second-order valence-electron chi connectivity index (χ2n) is 20.0. The lowest BCUT2D eigenvalue weighted by Gasteiger charge is -2.26. The molecule has 0 saturated carbocycles. The number of aliphatic hydroxyl groups is 1. The fourth-order valence-electron chi connectivity index (χ4n) is 8.99. The first kappa shape index (κ1) is 63.6. The minimum Gasteiger partial charge on any atom is -0.463 e. The summed E-state index contributed by atoms with van der Waals surface area (Å²) in [5.74, 6) is -1.11. The maximum atomic E-state index is 13.1. The molecular formula is C60H108O8. The van der Waals surface area contributed by atoms with Gasteiger partial charge < -0.3 is 24.1 Å². The van der Waals surface area contributed by atoms with Gasteiger partial charge in [-0.25, -0.2) is 0 Å². The molecule has 8 nitrogen and oxygen atoms in total. The van der Waals surface area contributed by atoms with Gasteiger partial charge in [0.2, 0.25) is 0 Å². The summed E-state index contributed by atoms with van der Waals surface area (Å²) in [5.41, 5.74) is 0. The van der Waals surface area contributed by atoms with Gasteiger partial charge in [-0.05, 0) is 96.3 Å². The molecule has 0 aromatic carbocycles. The van der Waals surface area contributed by atoms with Crippen molar-refractivity contribution in [3.8, 4) is 0 Å². The summed E-state index contributed by atoms with van der Waals surface area (Å²) >= 11 is 0. The van der Waals surface area contributed by atoms with Gasteiger partial charge in [-0.15, -0.1) is 0 Å². The third-order valence-electron chi connectivity index (χ3n) is 13.4. The number of carbonyl (C=O) groups is 3. The molecule has 0 aliphatic carbocycles. The van der Waals surface area contributed by atoms with Gasteiger partial charge >= 0.3 is 17.9 Å². The Morgan fingerprint density at radius 1 is 0.426 bits per heavy atom. The molecule has 0 amide bonds. The fraction of sp³-hybridized carbons (Fsp3) is 0.850. The highest BCUT2D eigenvalue weighted by molar-refractivity contribution is 5.71. The molecule has 68 heavy (non-hydrogen) atoms. The van der Waals surface area contributed by atoms with E-state index in [9.17, 15) is 19.5 Å². The number of hydrogen-bond acceptors (Lipinski definition) is 8. The second-order valence-corrected chi connectivity index (χ2v) is 20.0. The number of ether oxygens (including phenoxy) is 4. The molecule has 1 N–H and O–H groups in total. The van der Waals surface area contributed by atoms with Crippen LogP contribution in [0.4, 0.5) is 0 Å². The van der Waals surface area contributed by atoms with Crippen molar-refractivity contribution < 1.29 is 38.4 Å². The number of rotatable bonds is 50. The minimum absolute atomic E-state index is 0.00799. The molecular weight excluding hydrogens is 849 g/mol. The lowest BCUT2D eigenvalue weighted by Crippen LogP contribution is -2.45. The summed E-state index contributed by atoms with van der Waals surface area (Å²) in [6.07, 6.45) is 56.9. The number of esters is 3.